The Balaban J connectivity index is 1.82. The van der Waals surface area contributed by atoms with Gasteiger partial charge < -0.3 is 15.3 Å². The van der Waals surface area contributed by atoms with Gasteiger partial charge in [-0.1, -0.05) is 27.7 Å². The van der Waals surface area contributed by atoms with Crippen LogP contribution < -0.4 is 5.32 Å². The third kappa shape index (κ3) is 5.08. The molecule has 0 aromatic heterocycles. The SMILES string of the molecule is CC1CCN(C(CNC(=O)N2CCC(C)C(O)C2)C(C)C)CC1. The van der Waals surface area contributed by atoms with E-state index in [9.17, 15) is 9.90 Å². The van der Waals surface area contributed by atoms with E-state index in [2.05, 4.69) is 31.0 Å². The van der Waals surface area contributed by atoms with Gasteiger partial charge in [0, 0.05) is 25.7 Å². The average molecular weight is 325 g/mol. The van der Waals surface area contributed by atoms with E-state index >= 15 is 0 Å². The molecular formula is C18H35N3O2. The van der Waals surface area contributed by atoms with Crippen molar-refractivity contribution in [3.05, 3.63) is 0 Å². The number of hydrogen-bond donors (Lipinski definition) is 2. The van der Waals surface area contributed by atoms with Crippen molar-refractivity contribution in [3.8, 4) is 0 Å². The smallest absolute Gasteiger partial charge is 0.317 e. The van der Waals surface area contributed by atoms with Gasteiger partial charge in [-0.2, -0.15) is 0 Å². The summed E-state index contributed by atoms with van der Waals surface area (Å²) in [5.41, 5.74) is 0. The molecule has 2 aliphatic rings. The zero-order valence-corrected chi connectivity index (χ0v) is 15.3. The summed E-state index contributed by atoms with van der Waals surface area (Å²) < 4.78 is 0. The molecule has 2 fully saturated rings. The van der Waals surface area contributed by atoms with Crippen molar-refractivity contribution in [2.75, 3.05) is 32.7 Å². The first-order chi connectivity index (χ1) is 10.9. The van der Waals surface area contributed by atoms with Gasteiger partial charge in [-0.25, -0.2) is 4.79 Å². The third-order valence-electron chi connectivity index (χ3n) is 5.73. The summed E-state index contributed by atoms with van der Waals surface area (Å²) in [5, 5.41) is 13.1. The number of hydrogen-bond acceptors (Lipinski definition) is 3. The number of aliphatic hydroxyl groups excluding tert-OH is 1. The Labute approximate surface area is 141 Å². The van der Waals surface area contributed by atoms with Gasteiger partial charge in [0.2, 0.25) is 0 Å². The summed E-state index contributed by atoms with van der Waals surface area (Å²) in [6, 6.07) is 0.382. The number of likely N-dealkylation sites (tertiary alicyclic amines) is 2. The third-order valence-corrected chi connectivity index (χ3v) is 5.73. The van der Waals surface area contributed by atoms with E-state index in [0.717, 1.165) is 32.0 Å². The molecule has 0 spiro atoms. The molecule has 0 bridgehead atoms. The van der Waals surface area contributed by atoms with Crippen molar-refractivity contribution in [2.24, 2.45) is 17.8 Å². The zero-order valence-electron chi connectivity index (χ0n) is 15.3. The average Bonchev–Trinajstić information content (AvgIpc) is 2.51. The summed E-state index contributed by atoms with van der Waals surface area (Å²) in [6.07, 6.45) is 3.01. The summed E-state index contributed by atoms with van der Waals surface area (Å²) in [6.45, 7) is 13.0. The van der Waals surface area contributed by atoms with Crippen molar-refractivity contribution >= 4 is 6.03 Å². The Hall–Kier alpha value is -0.810. The van der Waals surface area contributed by atoms with Crippen LogP contribution >= 0.6 is 0 Å². The van der Waals surface area contributed by atoms with E-state index in [4.69, 9.17) is 0 Å². The fourth-order valence-corrected chi connectivity index (χ4v) is 3.68. The van der Waals surface area contributed by atoms with Crippen LogP contribution in [-0.2, 0) is 0 Å². The Bertz CT molecular complexity index is 380. The zero-order chi connectivity index (χ0) is 17.0. The number of aliphatic hydroxyl groups is 1. The number of piperidine rings is 2. The van der Waals surface area contributed by atoms with E-state index < -0.39 is 0 Å². The van der Waals surface area contributed by atoms with Crippen molar-refractivity contribution in [1.29, 1.82) is 0 Å². The summed E-state index contributed by atoms with van der Waals surface area (Å²) >= 11 is 0. The number of nitrogens with zero attached hydrogens (tertiary/aromatic N) is 2. The molecule has 0 radical (unpaired) electrons. The highest BCUT2D eigenvalue weighted by Crippen LogP contribution is 2.21. The predicted molar refractivity (Wildman–Crippen MR) is 93.4 cm³/mol. The molecule has 5 nitrogen and oxygen atoms in total. The number of carbonyl (C=O) groups is 1. The molecule has 0 aromatic rings. The number of rotatable bonds is 4. The lowest BCUT2D eigenvalue weighted by atomic mass is 9.94. The maximum absolute atomic E-state index is 12.4. The summed E-state index contributed by atoms with van der Waals surface area (Å²) in [5.74, 6) is 1.64. The van der Waals surface area contributed by atoms with Gasteiger partial charge in [-0.3, -0.25) is 4.90 Å². The second kappa shape index (κ2) is 8.34. The largest absolute Gasteiger partial charge is 0.391 e. The maximum atomic E-state index is 12.4. The van der Waals surface area contributed by atoms with Gasteiger partial charge in [0.05, 0.1) is 6.10 Å². The molecule has 2 aliphatic heterocycles. The molecule has 2 rings (SSSR count). The van der Waals surface area contributed by atoms with Crippen LogP contribution in [0.15, 0.2) is 0 Å². The first kappa shape index (κ1) is 18.5. The minimum atomic E-state index is -0.390. The standard InChI is InChI=1S/C18H35N3O2/c1-13(2)16(20-8-5-14(3)6-9-20)11-19-18(23)21-10-7-15(4)17(22)12-21/h13-17,22H,5-12H2,1-4H3,(H,19,23). The minimum Gasteiger partial charge on any atom is -0.391 e. The second-order valence-electron chi connectivity index (χ2n) is 8.00. The molecule has 2 heterocycles. The topological polar surface area (TPSA) is 55.8 Å². The van der Waals surface area contributed by atoms with Crippen LogP contribution in [0.25, 0.3) is 0 Å². The Morgan fingerprint density at radius 2 is 1.83 bits per heavy atom. The van der Waals surface area contributed by atoms with Crippen LogP contribution in [0.5, 0.6) is 0 Å². The van der Waals surface area contributed by atoms with E-state index in [1.54, 1.807) is 4.90 Å². The Kier molecular flexibility index (Phi) is 6.72. The van der Waals surface area contributed by atoms with Crippen LogP contribution in [0.4, 0.5) is 4.79 Å². The number of β-amino-alcohol motifs (C(OH)–C–C–N with tert-alkyl or cyclic N) is 1. The molecule has 2 amide bonds. The first-order valence-corrected chi connectivity index (χ1v) is 9.33. The Morgan fingerprint density at radius 3 is 2.39 bits per heavy atom. The van der Waals surface area contributed by atoms with E-state index in [-0.39, 0.29) is 18.1 Å². The fraction of sp³-hybridized carbons (Fsp3) is 0.944. The van der Waals surface area contributed by atoms with Crippen LogP contribution in [0, 0.1) is 17.8 Å². The first-order valence-electron chi connectivity index (χ1n) is 9.33. The molecule has 134 valence electrons. The molecule has 3 unspecified atom stereocenters. The molecule has 5 heteroatoms. The number of amides is 2. The van der Waals surface area contributed by atoms with E-state index in [1.165, 1.54) is 12.8 Å². The van der Waals surface area contributed by atoms with Crippen LogP contribution in [0.2, 0.25) is 0 Å². The second-order valence-corrected chi connectivity index (χ2v) is 8.00. The number of urea groups is 1. The normalized spacial score (nSPS) is 28.9. The highest BCUT2D eigenvalue weighted by atomic mass is 16.3. The van der Waals surface area contributed by atoms with E-state index in [1.807, 2.05) is 6.92 Å². The predicted octanol–water partition coefficient (Wildman–Crippen LogP) is 2.16. The lowest BCUT2D eigenvalue weighted by molar-refractivity contribution is 0.0424. The molecule has 2 N–H and O–H groups in total. The summed E-state index contributed by atoms with van der Waals surface area (Å²) in [7, 11) is 0. The quantitative estimate of drug-likeness (QED) is 0.833. The lowest BCUT2D eigenvalue weighted by Gasteiger charge is -2.39. The molecule has 2 saturated heterocycles. The lowest BCUT2D eigenvalue weighted by Crippen LogP contribution is -2.54. The summed E-state index contributed by atoms with van der Waals surface area (Å²) in [4.78, 5) is 16.7. The van der Waals surface area contributed by atoms with Crippen LogP contribution in [0.3, 0.4) is 0 Å². The number of carbonyl (C=O) groups excluding carboxylic acids is 1. The van der Waals surface area contributed by atoms with Crippen LogP contribution in [0.1, 0.15) is 47.0 Å². The molecule has 3 atom stereocenters. The highest BCUT2D eigenvalue weighted by Gasteiger charge is 2.29. The van der Waals surface area contributed by atoms with Gasteiger partial charge in [0.25, 0.3) is 0 Å². The molecule has 23 heavy (non-hydrogen) atoms. The van der Waals surface area contributed by atoms with Gasteiger partial charge in [-0.05, 0) is 50.1 Å². The van der Waals surface area contributed by atoms with Gasteiger partial charge in [-0.15, -0.1) is 0 Å². The maximum Gasteiger partial charge on any atom is 0.317 e. The molecule has 0 aliphatic carbocycles. The molecule has 0 saturated carbocycles. The minimum absolute atomic E-state index is 0.0213. The monoisotopic (exact) mass is 325 g/mol. The van der Waals surface area contributed by atoms with Crippen molar-refractivity contribution in [2.45, 2.75) is 59.1 Å². The number of nitrogens with one attached hydrogen (secondary N) is 1. The Morgan fingerprint density at radius 1 is 1.17 bits per heavy atom. The fourth-order valence-electron chi connectivity index (χ4n) is 3.68. The highest BCUT2D eigenvalue weighted by molar-refractivity contribution is 5.74. The van der Waals surface area contributed by atoms with Gasteiger partial charge in [0.1, 0.15) is 0 Å². The molecule has 0 aromatic carbocycles. The van der Waals surface area contributed by atoms with Crippen LogP contribution in [-0.4, -0.2) is 65.8 Å². The van der Waals surface area contributed by atoms with Gasteiger partial charge >= 0.3 is 6.03 Å². The van der Waals surface area contributed by atoms with Gasteiger partial charge in [0.15, 0.2) is 0 Å². The van der Waals surface area contributed by atoms with Crippen molar-refractivity contribution in [1.82, 2.24) is 15.1 Å². The van der Waals surface area contributed by atoms with Crippen molar-refractivity contribution in [3.63, 3.8) is 0 Å². The molecular weight excluding hydrogens is 290 g/mol. The van der Waals surface area contributed by atoms with E-state index in [0.29, 0.717) is 25.0 Å². The van der Waals surface area contributed by atoms with Crippen molar-refractivity contribution < 1.29 is 9.90 Å².